The van der Waals surface area contributed by atoms with Gasteiger partial charge in [0.05, 0.1) is 11.7 Å². The molecule has 3 rings (SSSR count). The molecule has 0 radical (unpaired) electrons. The van der Waals surface area contributed by atoms with E-state index >= 15 is 0 Å². The number of ketones is 1. The highest BCUT2D eigenvalue weighted by atomic mass is 16.5. The van der Waals surface area contributed by atoms with Crippen molar-refractivity contribution in [1.29, 1.82) is 0 Å². The fourth-order valence-electron chi connectivity index (χ4n) is 4.17. The molecule has 0 N–H and O–H groups in total. The summed E-state index contributed by atoms with van der Waals surface area (Å²) in [5.74, 6) is 0.988. The summed E-state index contributed by atoms with van der Waals surface area (Å²) in [6, 6.07) is 22.5. The highest BCUT2D eigenvalue weighted by molar-refractivity contribution is 6.01. The first-order valence-corrected chi connectivity index (χ1v) is 12.7. The Kier molecular flexibility index (Phi) is 8.39. The molecule has 4 heteroatoms. The number of benzene rings is 3. The second-order valence-corrected chi connectivity index (χ2v) is 10.4. The first-order valence-electron chi connectivity index (χ1n) is 12.7. The minimum absolute atomic E-state index is 0.104. The summed E-state index contributed by atoms with van der Waals surface area (Å²) in [5.41, 5.74) is 2.69. The summed E-state index contributed by atoms with van der Waals surface area (Å²) >= 11 is 0. The summed E-state index contributed by atoms with van der Waals surface area (Å²) in [7, 11) is 0. The highest BCUT2D eigenvalue weighted by Crippen LogP contribution is 2.34. The second kappa shape index (κ2) is 11.1. The molecule has 0 aliphatic heterocycles. The smallest absolute Gasteiger partial charge is 0.343 e. The van der Waals surface area contributed by atoms with Gasteiger partial charge >= 0.3 is 5.97 Å². The van der Waals surface area contributed by atoms with Crippen molar-refractivity contribution in [3.8, 4) is 11.5 Å². The van der Waals surface area contributed by atoms with E-state index in [0.29, 0.717) is 16.9 Å². The van der Waals surface area contributed by atoms with Crippen molar-refractivity contribution >= 4 is 11.8 Å². The van der Waals surface area contributed by atoms with Gasteiger partial charge in [-0.05, 0) is 74.2 Å². The van der Waals surface area contributed by atoms with Gasteiger partial charge in [-0.15, -0.1) is 0 Å². The predicted octanol–water partition coefficient (Wildman–Crippen LogP) is 8.03. The van der Waals surface area contributed by atoms with Gasteiger partial charge in [0, 0.05) is 16.4 Å². The lowest BCUT2D eigenvalue weighted by Crippen LogP contribution is -2.26. The number of carbonyl (C=O) groups excluding carboxylic acids is 2. The molecule has 36 heavy (non-hydrogen) atoms. The normalized spacial score (nSPS) is 11.9. The average Bonchev–Trinajstić information content (AvgIpc) is 2.88. The molecule has 0 fully saturated rings. The number of Topliss-reactive ketones (excluding diaryl/α,β-unsaturated/α-hetero) is 1. The first-order chi connectivity index (χ1) is 17.0. The maximum Gasteiger partial charge on any atom is 0.343 e. The van der Waals surface area contributed by atoms with Crippen molar-refractivity contribution in [2.24, 2.45) is 5.41 Å². The van der Waals surface area contributed by atoms with Crippen LogP contribution in [0.1, 0.15) is 93.2 Å². The van der Waals surface area contributed by atoms with Gasteiger partial charge in [0.2, 0.25) is 0 Å². The Morgan fingerprint density at radius 3 is 1.58 bits per heavy atom. The van der Waals surface area contributed by atoms with Crippen LogP contribution in [0.2, 0.25) is 0 Å². The van der Waals surface area contributed by atoms with Gasteiger partial charge in [-0.2, -0.15) is 0 Å². The summed E-state index contributed by atoms with van der Waals surface area (Å²) in [6.07, 6.45) is 1.69. The number of hydrogen-bond acceptors (Lipinski definition) is 4. The van der Waals surface area contributed by atoms with Crippen LogP contribution in [0.15, 0.2) is 72.8 Å². The molecule has 0 aliphatic carbocycles. The second-order valence-electron chi connectivity index (χ2n) is 10.4. The monoisotopic (exact) mass is 486 g/mol. The molecule has 0 bridgehead atoms. The van der Waals surface area contributed by atoms with Crippen LogP contribution in [0.25, 0.3) is 0 Å². The third-order valence-electron chi connectivity index (χ3n) is 7.23. The van der Waals surface area contributed by atoms with Gasteiger partial charge in [0.1, 0.15) is 11.5 Å². The average molecular weight is 487 g/mol. The Labute approximate surface area is 215 Å². The maximum atomic E-state index is 12.9. The van der Waals surface area contributed by atoms with Crippen LogP contribution in [-0.2, 0) is 5.41 Å². The third kappa shape index (κ3) is 6.04. The van der Waals surface area contributed by atoms with Crippen molar-refractivity contribution in [3.63, 3.8) is 0 Å². The lowest BCUT2D eigenvalue weighted by Gasteiger charge is -2.26. The van der Waals surface area contributed by atoms with Gasteiger partial charge in [0.15, 0.2) is 5.78 Å². The zero-order chi connectivity index (χ0) is 26.5. The molecular weight excluding hydrogens is 448 g/mol. The van der Waals surface area contributed by atoms with Gasteiger partial charge in [0.25, 0.3) is 0 Å². The predicted molar refractivity (Wildman–Crippen MR) is 145 cm³/mol. The molecule has 0 unspecified atom stereocenters. The largest absolute Gasteiger partial charge is 0.491 e. The summed E-state index contributed by atoms with van der Waals surface area (Å²) in [4.78, 5) is 25.5. The van der Waals surface area contributed by atoms with E-state index in [1.165, 1.54) is 5.56 Å². The number of ether oxygens (including phenoxy) is 2. The molecule has 4 nitrogen and oxygen atoms in total. The quantitative estimate of drug-likeness (QED) is 0.165. The van der Waals surface area contributed by atoms with Crippen LogP contribution in [-0.4, -0.2) is 17.9 Å². The summed E-state index contributed by atoms with van der Waals surface area (Å²) < 4.78 is 11.4. The van der Waals surface area contributed by atoms with Crippen molar-refractivity contribution in [1.82, 2.24) is 0 Å². The van der Waals surface area contributed by atoms with Crippen molar-refractivity contribution in [3.05, 3.63) is 95.1 Å². The van der Waals surface area contributed by atoms with E-state index in [9.17, 15) is 9.59 Å². The number of hydrogen-bond donors (Lipinski definition) is 0. The molecule has 0 aliphatic rings. The topological polar surface area (TPSA) is 52.6 Å². The number of esters is 1. The molecular formula is C32H38O4. The number of carbonyl (C=O) groups is 2. The Bertz CT molecular complexity index is 1170. The lowest BCUT2D eigenvalue weighted by atomic mass is 9.78. The summed E-state index contributed by atoms with van der Waals surface area (Å²) in [6.45, 7) is 14.4. The van der Waals surface area contributed by atoms with Crippen LogP contribution in [0.3, 0.4) is 0 Å². The Morgan fingerprint density at radius 1 is 0.694 bits per heavy atom. The molecule has 0 amide bonds. The van der Waals surface area contributed by atoms with Gasteiger partial charge in [-0.3, -0.25) is 4.79 Å². The van der Waals surface area contributed by atoms with Gasteiger partial charge in [-0.25, -0.2) is 4.79 Å². The molecule has 0 atom stereocenters. The molecule has 3 aromatic carbocycles. The molecule has 0 heterocycles. The van der Waals surface area contributed by atoms with Crippen LogP contribution >= 0.6 is 0 Å². The number of rotatable bonds is 10. The van der Waals surface area contributed by atoms with Crippen LogP contribution < -0.4 is 9.47 Å². The van der Waals surface area contributed by atoms with Crippen LogP contribution in [0, 0.1) is 5.41 Å². The minimum Gasteiger partial charge on any atom is -0.491 e. The van der Waals surface area contributed by atoms with E-state index in [2.05, 4.69) is 26.0 Å². The Balaban J connectivity index is 1.69. The highest BCUT2D eigenvalue weighted by Gasteiger charge is 2.30. The SMILES string of the molecule is CCC(C)(CC)C(=O)c1ccc(C(=O)Oc2ccc(C(C)(C)c3ccc(OC(C)C)cc3)cc2)cc1. The van der Waals surface area contributed by atoms with E-state index in [-0.39, 0.29) is 22.7 Å². The van der Waals surface area contributed by atoms with E-state index in [1.54, 1.807) is 24.3 Å². The first kappa shape index (κ1) is 27.2. The molecule has 0 saturated heterocycles. The molecule has 0 spiro atoms. The minimum atomic E-state index is -0.449. The third-order valence-corrected chi connectivity index (χ3v) is 7.23. The van der Waals surface area contributed by atoms with E-state index in [0.717, 1.165) is 24.2 Å². The van der Waals surface area contributed by atoms with Gasteiger partial charge in [-0.1, -0.05) is 71.0 Å². The Morgan fingerprint density at radius 2 is 1.14 bits per heavy atom. The molecule has 190 valence electrons. The molecule has 3 aromatic rings. The molecule has 0 aromatic heterocycles. The maximum absolute atomic E-state index is 12.9. The lowest BCUT2D eigenvalue weighted by molar-refractivity contribution is 0.0732. The van der Waals surface area contributed by atoms with Crippen LogP contribution in [0.5, 0.6) is 11.5 Å². The van der Waals surface area contributed by atoms with Crippen LogP contribution in [0.4, 0.5) is 0 Å². The van der Waals surface area contributed by atoms with E-state index in [4.69, 9.17) is 9.47 Å². The summed E-state index contributed by atoms with van der Waals surface area (Å²) in [5, 5.41) is 0. The zero-order valence-electron chi connectivity index (χ0n) is 22.6. The van der Waals surface area contributed by atoms with E-state index in [1.807, 2.05) is 71.0 Å². The van der Waals surface area contributed by atoms with Crippen molar-refractivity contribution in [2.45, 2.75) is 72.8 Å². The Hall–Kier alpha value is -3.40. The van der Waals surface area contributed by atoms with Gasteiger partial charge < -0.3 is 9.47 Å². The standard InChI is InChI=1S/C32H38O4/c1-8-32(7,9-2)29(33)23-10-12-24(13-11-23)30(34)36-28-20-16-26(17-21-28)31(5,6)25-14-18-27(19-15-25)35-22(3)4/h10-22H,8-9H2,1-7H3. The van der Waals surface area contributed by atoms with Crippen molar-refractivity contribution in [2.75, 3.05) is 0 Å². The molecule has 0 saturated carbocycles. The fraction of sp³-hybridized carbons (Fsp3) is 0.375. The van der Waals surface area contributed by atoms with Crippen molar-refractivity contribution < 1.29 is 19.1 Å². The fourth-order valence-corrected chi connectivity index (χ4v) is 4.17. The van der Waals surface area contributed by atoms with E-state index < -0.39 is 5.97 Å². The zero-order valence-corrected chi connectivity index (χ0v) is 22.6.